The second kappa shape index (κ2) is 8.08. The Morgan fingerprint density at radius 2 is 1.56 bits per heavy atom. The lowest BCUT2D eigenvalue weighted by molar-refractivity contribution is -0.129. The minimum Gasteiger partial charge on any atom is -0.454 e. The van der Waals surface area contributed by atoms with Gasteiger partial charge in [-0.15, -0.1) is 0 Å². The van der Waals surface area contributed by atoms with E-state index in [2.05, 4.69) is 0 Å². The van der Waals surface area contributed by atoms with Crippen molar-refractivity contribution in [2.24, 2.45) is 0 Å². The van der Waals surface area contributed by atoms with Crippen LogP contribution in [-0.4, -0.2) is 23.0 Å². The number of aryl methyl sites for hydroxylation is 1. The molecule has 0 amide bonds. The Kier molecular flexibility index (Phi) is 5.61. The van der Waals surface area contributed by atoms with Crippen LogP contribution in [0.25, 0.3) is 0 Å². The highest BCUT2D eigenvalue weighted by molar-refractivity contribution is 5.91. The van der Waals surface area contributed by atoms with Crippen LogP contribution >= 0.6 is 0 Å². The molecule has 0 aliphatic carbocycles. The number of carbonyl (C=O) groups is 2. The molecule has 0 spiro atoms. The van der Waals surface area contributed by atoms with Gasteiger partial charge in [0.1, 0.15) is 12.2 Å². The summed E-state index contributed by atoms with van der Waals surface area (Å²) in [5, 5.41) is 10.2. The first-order valence-corrected chi connectivity index (χ1v) is 8.70. The molecule has 0 radical (unpaired) electrons. The number of carbonyl (C=O) groups excluding carboxylic acids is 2. The van der Waals surface area contributed by atoms with Gasteiger partial charge in [0.15, 0.2) is 5.78 Å². The first kappa shape index (κ1) is 17.4. The number of fused-ring (bicyclic) bond motifs is 1. The van der Waals surface area contributed by atoms with E-state index in [-0.39, 0.29) is 12.2 Å². The molecule has 3 rings (SSSR count). The Morgan fingerprint density at radius 3 is 2.36 bits per heavy atom. The molecule has 0 unspecified atom stereocenters. The average molecular weight is 338 g/mol. The number of ether oxygens (including phenoxy) is 1. The fourth-order valence-electron chi connectivity index (χ4n) is 3.17. The third-order valence-electron chi connectivity index (χ3n) is 4.59. The van der Waals surface area contributed by atoms with Crippen molar-refractivity contribution in [2.45, 2.75) is 44.3 Å². The van der Waals surface area contributed by atoms with Crippen molar-refractivity contribution in [1.29, 1.82) is 0 Å². The molecule has 0 fully saturated rings. The van der Waals surface area contributed by atoms with Crippen molar-refractivity contribution in [3.05, 3.63) is 71.3 Å². The third-order valence-corrected chi connectivity index (χ3v) is 4.59. The molecule has 25 heavy (non-hydrogen) atoms. The molecule has 1 aliphatic rings. The van der Waals surface area contributed by atoms with Gasteiger partial charge in [-0.3, -0.25) is 4.79 Å². The SMILES string of the molecule is O=C1O[C@@H](c2ccccc2)C[C@@H](O)C(=O)CCCCc2ccccc21. The first-order chi connectivity index (χ1) is 12.1. The summed E-state index contributed by atoms with van der Waals surface area (Å²) in [5.74, 6) is -0.601. The maximum absolute atomic E-state index is 12.7. The lowest BCUT2D eigenvalue weighted by atomic mass is 9.96. The number of benzene rings is 2. The maximum atomic E-state index is 12.7. The summed E-state index contributed by atoms with van der Waals surface area (Å²) in [6.45, 7) is 0. The minimum absolute atomic E-state index is 0.0801. The maximum Gasteiger partial charge on any atom is 0.339 e. The quantitative estimate of drug-likeness (QED) is 0.807. The van der Waals surface area contributed by atoms with E-state index in [4.69, 9.17) is 4.74 Å². The molecule has 0 aromatic heterocycles. The summed E-state index contributed by atoms with van der Waals surface area (Å²) < 4.78 is 5.70. The zero-order valence-electron chi connectivity index (χ0n) is 14.1. The molecular weight excluding hydrogens is 316 g/mol. The van der Waals surface area contributed by atoms with Gasteiger partial charge in [0.2, 0.25) is 0 Å². The molecule has 2 atom stereocenters. The third kappa shape index (κ3) is 4.34. The van der Waals surface area contributed by atoms with E-state index in [0.717, 1.165) is 17.5 Å². The fourth-order valence-corrected chi connectivity index (χ4v) is 3.17. The van der Waals surface area contributed by atoms with E-state index >= 15 is 0 Å². The molecule has 4 nitrogen and oxygen atoms in total. The van der Waals surface area contributed by atoms with Crippen molar-refractivity contribution >= 4 is 11.8 Å². The van der Waals surface area contributed by atoms with Crippen LogP contribution in [0.5, 0.6) is 0 Å². The summed E-state index contributed by atoms with van der Waals surface area (Å²) in [4.78, 5) is 24.8. The fraction of sp³-hybridized carbons (Fsp3) is 0.333. The van der Waals surface area contributed by atoms with E-state index in [0.29, 0.717) is 24.8 Å². The number of aliphatic hydroxyl groups is 1. The number of Topliss-reactive ketones (excluding diaryl/α,β-unsaturated/α-hetero) is 1. The van der Waals surface area contributed by atoms with Gasteiger partial charge >= 0.3 is 5.97 Å². The Labute approximate surface area is 147 Å². The van der Waals surface area contributed by atoms with Crippen molar-refractivity contribution in [2.75, 3.05) is 0 Å². The van der Waals surface area contributed by atoms with Crippen LogP contribution in [0, 0.1) is 0 Å². The molecule has 0 saturated heterocycles. The van der Waals surface area contributed by atoms with E-state index in [1.54, 1.807) is 6.07 Å². The summed E-state index contributed by atoms with van der Waals surface area (Å²) in [5.41, 5.74) is 2.27. The summed E-state index contributed by atoms with van der Waals surface area (Å²) >= 11 is 0. The minimum atomic E-state index is -1.12. The van der Waals surface area contributed by atoms with Gasteiger partial charge < -0.3 is 9.84 Å². The standard InChI is InChI=1S/C21H22O4/c22-18-13-7-5-9-15-8-4-6-12-17(15)21(24)25-20(14-19(18)23)16-10-2-1-3-11-16/h1-4,6,8,10-12,19-20,23H,5,7,9,13-14H2/t19-,20-/m1/s1. The van der Waals surface area contributed by atoms with Crippen LogP contribution in [0.2, 0.25) is 0 Å². The van der Waals surface area contributed by atoms with Gasteiger partial charge in [-0.05, 0) is 36.5 Å². The highest BCUT2D eigenvalue weighted by Gasteiger charge is 2.26. The molecule has 2 aromatic rings. The van der Waals surface area contributed by atoms with E-state index in [1.165, 1.54) is 0 Å². The van der Waals surface area contributed by atoms with Gasteiger partial charge in [0, 0.05) is 12.8 Å². The van der Waals surface area contributed by atoms with Crippen LogP contribution in [0.3, 0.4) is 0 Å². The molecule has 130 valence electrons. The second-order valence-electron chi connectivity index (χ2n) is 6.39. The van der Waals surface area contributed by atoms with Crippen LogP contribution in [0.1, 0.15) is 53.3 Å². The molecule has 1 heterocycles. The van der Waals surface area contributed by atoms with Gasteiger partial charge in [-0.25, -0.2) is 4.79 Å². The van der Waals surface area contributed by atoms with Crippen LogP contribution in [0.4, 0.5) is 0 Å². The summed E-state index contributed by atoms with van der Waals surface area (Å²) in [6.07, 6.45) is 0.869. The van der Waals surface area contributed by atoms with E-state index in [9.17, 15) is 14.7 Å². The van der Waals surface area contributed by atoms with E-state index < -0.39 is 18.2 Å². The topological polar surface area (TPSA) is 63.6 Å². The van der Waals surface area contributed by atoms with Crippen molar-refractivity contribution in [3.8, 4) is 0 Å². The lowest BCUT2D eigenvalue weighted by Gasteiger charge is -2.22. The number of ketones is 1. The number of esters is 1. The largest absolute Gasteiger partial charge is 0.454 e. The van der Waals surface area contributed by atoms with Gasteiger partial charge in [0.05, 0.1) is 5.56 Å². The number of cyclic esters (lactones) is 1. The normalized spacial score (nSPS) is 22.3. The summed E-state index contributed by atoms with van der Waals surface area (Å²) in [7, 11) is 0. The zero-order valence-corrected chi connectivity index (χ0v) is 14.1. The first-order valence-electron chi connectivity index (χ1n) is 8.70. The van der Waals surface area contributed by atoms with Gasteiger partial charge in [0.25, 0.3) is 0 Å². The Morgan fingerprint density at radius 1 is 0.880 bits per heavy atom. The molecule has 4 heteroatoms. The Bertz CT molecular complexity index is 739. The molecule has 1 N–H and O–H groups in total. The Hall–Kier alpha value is -2.46. The molecule has 0 bridgehead atoms. The van der Waals surface area contributed by atoms with Crippen LogP contribution in [0.15, 0.2) is 54.6 Å². The molecule has 1 aliphatic heterocycles. The van der Waals surface area contributed by atoms with Crippen molar-refractivity contribution in [3.63, 3.8) is 0 Å². The number of hydrogen-bond donors (Lipinski definition) is 1. The predicted molar refractivity (Wildman–Crippen MR) is 94.2 cm³/mol. The number of aliphatic hydroxyl groups excluding tert-OH is 1. The summed E-state index contributed by atoms with van der Waals surface area (Å²) in [6, 6.07) is 16.7. The van der Waals surface area contributed by atoms with Crippen LogP contribution < -0.4 is 0 Å². The van der Waals surface area contributed by atoms with E-state index in [1.807, 2.05) is 48.5 Å². The Balaban J connectivity index is 1.93. The average Bonchev–Trinajstić information content (AvgIpc) is 2.64. The second-order valence-corrected chi connectivity index (χ2v) is 6.39. The molecule has 0 saturated carbocycles. The van der Waals surface area contributed by atoms with Gasteiger partial charge in [-0.1, -0.05) is 48.5 Å². The van der Waals surface area contributed by atoms with Crippen molar-refractivity contribution in [1.82, 2.24) is 0 Å². The number of rotatable bonds is 1. The lowest BCUT2D eigenvalue weighted by Crippen LogP contribution is -2.26. The molecule has 2 aromatic carbocycles. The highest BCUT2D eigenvalue weighted by Crippen LogP contribution is 2.27. The zero-order chi connectivity index (χ0) is 17.6. The van der Waals surface area contributed by atoms with Crippen molar-refractivity contribution < 1.29 is 19.4 Å². The number of hydrogen-bond acceptors (Lipinski definition) is 4. The van der Waals surface area contributed by atoms with Gasteiger partial charge in [-0.2, -0.15) is 0 Å². The smallest absolute Gasteiger partial charge is 0.339 e. The molecular formula is C21H22O4. The predicted octanol–water partition coefficient (Wildman–Crippen LogP) is 3.63. The monoisotopic (exact) mass is 338 g/mol. The van der Waals surface area contributed by atoms with Crippen LogP contribution in [-0.2, 0) is 16.0 Å². The highest BCUT2D eigenvalue weighted by atomic mass is 16.5.